The molecule has 1 aromatic heterocycles. The molecule has 0 radical (unpaired) electrons. The standard InChI is InChI=1S/C14H28ClN5O/c1-6-19(7-2)14(3,4)13(18-16)12-11(15)10-17-20(12)8-9-21-5/h10,13,18H,6-9,16H2,1-5H3. The number of methoxy groups -OCH3 is 1. The summed E-state index contributed by atoms with van der Waals surface area (Å²) < 4.78 is 7.00. The summed E-state index contributed by atoms with van der Waals surface area (Å²) in [6.07, 6.45) is 1.66. The van der Waals surface area contributed by atoms with Crippen molar-refractivity contribution in [1.29, 1.82) is 0 Å². The Morgan fingerprint density at radius 3 is 2.57 bits per heavy atom. The minimum absolute atomic E-state index is 0.135. The van der Waals surface area contributed by atoms with Crippen molar-refractivity contribution in [2.75, 3.05) is 26.8 Å². The maximum Gasteiger partial charge on any atom is 0.0835 e. The Hall–Kier alpha value is -0.660. The molecule has 1 atom stereocenters. The highest BCUT2D eigenvalue weighted by Crippen LogP contribution is 2.34. The van der Waals surface area contributed by atoms with Gasteiger partial charge in [-0.2, -0.15) is 5.10 Å². The van der Waals surface area contributed by atoms with Gasteiger partial charge < -0.3 is 4.74 Å². The summed E-state index contributed by atoms with van der Waals surface area (Å²) in [4.78, 5) is 2.35. The van der Waals surface area contributed by atoms with E-state index in [1.165, 1.54) is 0 Å². The minimum Gasteiger partial charge on any atom is -0.383 e. The number of hydrogen-bond acceptors (Lipinski definition) is 5. The molecule has 1 heterocycles. The van der Waals surface area contributed by atoms with Gasteiger partial charge in [-0.05, 0) is 26.9 Å². The van der Waals surface area contributed by atoms with Crippen LogP contribution in [0.15, 0.2) is 6.20 Å². The van der Waals surface area contributed by atoms with Crippen LogP contribution in [0.2, 0.25) is 5.02 Å². The van der Waals surface area contributed by atoms with Crippen LogP contribution in [-0.2, 0) is 11.3 Å². The number of hydrogen-bond donors (Lipinski definition) is 2. The van der Waals surface area contributed by atoms with Gasteiger partial charge in [0.25, 0.3) is 0 Å². The van der Waals surface area contributed by atoms with Crippen LogP contribution >= 0.6 is 11.6 Å². The molecule has 21 heavy (non-hydrogen) atoms. The summed E-state index contributed by atoms with van der Waals surface area (Å²) in [5, 5.41) is 4.96. The van der Waals surface area contributed by atoms with E-state index in [4.69, 9.17) is 22.2 Å². The minimum atomic E-state index is -0.202. The molecule has 1 aromatic rings. The van der Waals surface area contributed by atoms with E-state index in [2.05, 4.69) is 43.1 Å². The lowest BCUT2D eigenvalue weighted by molar-refractivity contribution is 0.0863. The predicted molar refractivity (Wildman–Crippen MR) is 86.2 cm³/mol. The molecule has 0 amide bonds. The number of halogens is 1. The molecule has 0 aliphatic rings. The Kier molecular flexibility index (Phi) is 7.09. The van der Waals surface area contributed by atoms with E-state index in [1.54, 1.807) is 13.3 Å². The molecule has 122 valence electrons. The van der Waals surface area contributed by atoms with Gasteiger partial charge in [-0.15, -0.1) is 0 Å². The molecule has 1 rings (SSSR count). The molecule has 7 heteroatoms. The maximum atomic E-state index is 6.36. The van der Waals surface area contributed by atoms with Crippen molar-refractivity contribution in [3.05, 3.63) is 16.9 Å². The highest BCUT2D eigenvalue weighted by Gasteiger charge is 2.37. The normalized spacial score (nSPS) is 13.9. The van der Waals surface area contributed by atoms with E-state index in [9.17, 15) is 0 Å². The molecule has 6 nitrogen and oxygen atoms in total. The van der Waals surface area contributed by atoms with Gasteiger partial charge in [0.15, 0.2) is 0 Å². The van der Waals surface area contributed by atoms with E-state index in [0.29, 0.717) is 18.2 Å². The zero-order valence-corrected chi connectivity index (χ0v) is 14.4. The van der Waals surface area contributed by atoms with Crippen molar-refractivity contribution in [2.45, 2.75) is 45.8 Å². The van der Waals surface area contributed by atoms with Gasteiger partial charge in [-0.1, -0.05) is 25.4 Å². The molecule has 0 fully saturated rings. The second kappa shape index (κ2) is 8.10. The summed E-state index contributed by atoms with van der Waals surface area (Å²) in [6, 6.07) is -0.135. The van der Waals surface area contributed by atoms with Gasteiger partial charge in [-0.3, -0.25) is 15.4 Å². The molecular weight excluding hydrogens is 290 g/mol. The largest absolute Gasteiger partial charge is 0.383 e. The summed E-state index contributed by atoms with van der Waals surface area (Å²) in [6.45, 7) is 11.7. The number of likely N-dealkylation sites (N-methyl/N-ethyl adjacent to an activating group) is 1. The van der Waals surface area contributed by atoms with Gasteiger partial charge in [0.05, 0.1) is 36.1 Å². The van der Waals surface area contributed by atoms with Crippen LogP contribution in [-0.4, -0.2) is 47.0 Å². The summed E-state index contributed by atoms with van der Waals surface area (Å²) >= 11 is 6.36. The Morgan fingerprint density at radius 1 is 1.48 bits per heavy atom. The summed E-state index contributed by atoms with van der Waals surface area (Å²) in [5.74, 6) is 5.86. The van der Waals surface area contributed by atoms with Crippen molar-refractivity contribution in [3.63, 3.8) is 0 Å². The number of nitrogens with two attached hydrogens (primary N) is 1. The fraction of sp³-hybridized carbons (Fsp3) is 0.786. The third kappa shape index (κ3) is 3.96. The highest BCUT2D eigenvalue weighted by molar-refractivity contribution is 6.31. The lowest BCUT2D eigenvalue weighted by Crippen LogP contribution is -2.54. The fourth-order valence-corrected chi connectivity index (χ4v) is 3.10. The lowest BCUT2D eigenvalue weighted by Gasteiger charge is -2.43. The average molecular weight is 318 g/mol. The van der Waals surface area contributed by atoms with Gasteiger partial charge in [0, 0.05) is 12.6 Å². The van der Waals surface area contributed by atoms with Crippen molar-refractivity contribution < 1.29 is 4.74 Å². The smallest absolute Gasteiger partial charge is 0.0835 e. The quantitative estimate of drug-likeness (QED) is 0.537. The van der Waals surface area contributed by atoms with Crippen LogP contribution in [0.3, 0.4) is 0 Å². The second-order valence-electron chi connectivity index (χ2n) is 5.52. The lowest BCUT2D eigenvalue weighted by atomic mass is 9.90. The Balaban J connectivity index is 3.17. The van der Waals surface area contributed by atoms with Crippen LogP contribution in [0.25, 0.3) is 0 Å². The van der Waals surface area contributed by atoms with Crippen molar-refractivity contribution in [1.82, 2.24) is 20.1 Å². The number of nitrogens with one attached hydrogen (secondary N) is 1. The number of aromatic nitrogens is 2. The first kappa shape index (κ1) is 18.4. The van der Waals surface area contributed by atoms with E-state index in [1.807, 2.05) is 4.68 Å². The number of hydrazine groups is 1. The highest BCUT2D eigenvalue weighted by atomic mass is 35.5. The third-order valence-corrected chi connectivity index (χ3v) is 4.36. The maximum absolute atomic E-state index is 6.36. The topological polar surface area (TPSA) is 68.3 Å². The van der Waals surface area contributed by atoms with E-state index >= 15 is 0 Å². The molecule has 0 saturated carbocycles. The average Bonchev–Trinajstić information content (AvgIpc) is 2.80. The molecular formula is C14H28ClN5O. The number of rotatable bonds is 9. The first-order valence-electron chi connectivity index (χ1n) is 7.35. The summed E-state index contributed by atoms with van der Waals surface area (Å²) in [5.41, 5.74) is 3.62. The first-order valence-corrected chi connectivity index (χ1v) is 7.73. The van der Waals surface area contributed by atoms with Crippen LogP contribution < -0.4 is 11.3 Å². The molecule has 3 N–H and O–H groups in total. The van der Waals surface area contributed by atoms with E-state index in [0.717, 1.165) is 18.8 Å². The molecule has 1 unspecified atom stereocenters. The Labute approximate surface area is 132 Å². The SMILES string of the molecule is CCN(CC)C(C)(C)C(NN)c1c(Cl)cnn1CCOC. The van der Waals surface area contributed by atoms with Crippen LogP contribution in [0.4, 0.5) is 0 Å². The van der Waals surface area contributed by atoms with Crippen molar-refractivity contribution >= 4 is 11.6 Å². The Morgan fingerprint density at radius 2 is 2.10 bits per heavy atom. The third-order valence-electron chi connectivity index (χ3n) is 4.07. The number of ether oxygens (including phenoxy) is 1. The zero-order chi connectivity index (χ0) is 16.0. The predicted octanol–water partition coefficient (Wildman–Crippen LogP) is 1.81. The monoisotopic (exact) mass is 317 g/mol. The van der Waals surface area contributed by atoms with Gasteiger partial charge in [0.1, 0.15) is 0 Å². The van der Waals surface area contributed by atoms with E-state index < -0.39 is 0 Å². The molecule has 0 aromatic carbocycles. The van der Waals surface area contributed by atoms with Crippen LogP contribution in [0, 0.1) is 0 Å². The van der Waals surface area contributed by atoms with Crippen molar-refractivity contribution in [3.8, 4) is 0 Å². The van der Waals surface area contributed by atoms with Gasteiger partial charge >= 0.3 is 0 Å². The molecule has 0 saturated heterocycles. The van der Waals surface area contributed by atoms with Crippen molar-refractivity contribution in [2.24, 2.45) is 5.84 Å². The molecule has 0 bridgehead atoms. The summed E-state index contributed by atoms with van der Waals surface area (Å²) in [7, 11) is 1.67. The first-order chi connectivity index (χ1) is 9.93. The molecule has 0 aliphatic carbocycles. The zero-order valence-electron chi connectivity index (χ0n) is 13.7. The van der Waals surface area contributed by atoms with Crippen LogP contribution in [0.5, 0.6) is 0 Å². The Bertz CT molecular complexity index is 431. The van der Waals surface area contributed by atoms with Gasteiger partial charge in [0.2, 0.25) is 0 Å². The number of nitrogens with zero attached hydrogens (tertiary/aromatic N) is 3. The van der Waals surface area contributed by atoms with Crippen LogP contribution in [0.1, 0.15) is 39.4 Å². The second-order valence-corrected chi connectivity index (χ2v) is 5.93. The van der Waals surface area contributed by atoms with Gasteiger partial charge in [-0.25, -0.2) is 5.43 Å². The fourth-order valence-electron chi connectivity index (χ4n) is 2.85. The molecule has 0 spiro atoms. The molecule has 0 aliphatic heterocycles. The van der Waals surface area contributed by atoms with E-state index in [-0.39, 0.29) is 11.6 Å².